The van der Waals surface area contributed by atoms with E-state index in [2.05, 4.69) is 6.08 Å². The lowest BCUT2D eigenvalue weighted by Crippen LogP contribution is -1.89. The Kier molecular flexibility index (Phi) is 1.70. The van der Waals surface area contributed by atoms with Crippen molar-refractivity contribution in [3.05, 3.63) is 41.2 Å². The van der Waals surface area contributed by atoms with E-state index >= 15 is 0 Å². The van der Waals surface area contributed by atoms with Crippen LogP contribution >= 0.6 is 0 Å². The highest BCUT2D eigenvalue weighted by atomic mass is 19.1. The predicted molar refractivity (Wildman–Crippen MR) is 55.3 cm³/mol. The summed E-state index contributed by atoms with van der Waals surface area (Å²) in [5, 5.41) is 8.62. The van der Waals surface area contributed by atoms with Gasteiger partial charge in [-0.1, -0.05) is 12.1 Å². The van der Waals surface area contributed by atoms with E-state index in [4.69, 9.17) is 5.26 Å². The van der Waals surface area contributed by atoms with Gasteiger partial charge in [0.05, 0.1) is 5.56 Å². The van der Waals surface area contributed by atoms with Crippen molar-refractivity contribution in [3.63, 3.8) is 0 Å². The molecule has 1 aromatic rings. The standard InChI is InChI=1S/C13H10FN/c14-13-6-8(1-2-9(13)7-15)10-3-11-5-12(11)4-10/h1-3,6,11-12H,4-5H2/t11-,12+/m1/s1. The van der Waals surface area contributed by atoms with Crippen molar-refractivity contribution < 1.29 is 4.39 Å². The molecule has 3 rings (SSSR count). The quantitative estimate of drug-likeness (QED) is 0.681. The lowest BCUT2D eigenvalue weighted by molar-refractivity contribution is 0.623. The van der Waals surface area contributed by atoms with Crippen molar-refractivity contribution in [2.75, 3.05) is 0 Å². The van der Waals surface area contributed by atoms with Crippen LogP contribution in [-0.4, -0.2) is 0 Å². The number of hydrogen-bond acceptors (Lipinski definition) is 1. The average molecular weight is 199 g/mol. The number of fused-ring (bicyclic) bond motifs is 1. The second-order valence-corrected chi connectivity index (χ2v) is 4.36. The molecule has 74 valence electrons. The molecule has 0 spiro atoms. The van der Waals surface area contributed by atoms with E-state index in [9.17, 15) is 4.39 Å². The van der Waals surface area contributed by atoms with Crippen LogP contribution in [0, 0.1) is 29.0 Å². The first-order valence-electron chi connectivity index (χ1n) is 5.18. The minimum Gasteiger partial charge on any atom is -0.206 e. The molecule has 1 nitrogen and oxygen atoms in total. The smallest absolute Gasteiger partial charge is 0.141 e. The van der Waals surface area contributed by atoms with E-state index in [1.807, 2.05) is 12.1 Å². The molecule has 0 N–H and O–H groups in total. The Morgan fingerprint density at radius 2 is 2.27 bits per heavy atom. The van der Waals surface area contributed by atoms with Gasteiger partial charge in [0.25, 0.3) is 0 Å². The Hall–Kier alpha value is -1.62. The molecular weight excluding hydrogens is 189 g/mol. The summed E-state index contributed by atoms with van der Waals surface area (Å²) in [4.78, 5) is 0. The molecule has 1 saturated carbocycles. The highest BCUT2D eigenvalue weighted by Gasteiger charge is 2.40. The minimum absolute atomic E-state index is 0.127. The van der Waals surface area contributed by atoms with Crippen molar-refractivity contribution in [1.29, 1.82) is 5.26 Å². The topological polar surface area (TPSA) is 23.8 Å². The second kappa shape index (κ2) is 2.93. The van der Waals surface area contributed by atoms with E-state index < -0.39 is 5.82 Å². The van der Waals surface area contributed by atoms with Gasteiger partial charge in [0.2, 0.25) is 0 Å². The summed E-state index contributed by atoms with van der Waals surface area (Å²) in [5.41, 5.74) is 2.32. The van der Waals surface area contributed by atoms with Crippen LogP contribution in [0.5, 0.6) is 0 Å². The largest absolute Gasteiger partial charge is 0.206 e. The van der Waals surface area contributed by atoms with Crippen molar-refractivity contribution in [2.45, 2.75) is 12.8 Å². The third kappa shape index (κ3) is 1.35. The first kappa shape index (κ1) is 8.67. The monoisotopic (exact) mass is 199 g/mol. The molecule has 0 amide bonds. The molecule has 0 aliphatic heterocycles. The summed E-state index contributed by atoms with van der Waals surface area (Å²) in [6.45, 7) is 0. The molecule has 2 aliphatic carbocycles. The number of allylic oxidation sites excluding steroid dienone is 2. The number of nitrogens with zero attached hydrogens (tertiary/aromatic N) is 1. The van der Waals surface area contributed by atoms with Gasteiger partial charge in [-0.25, -0.2) is 4.39 Å². The zero-order chi connectivity index (χ0) is 10.4. The molecule has 1 fully saturated rings. The van der Waals surface area contributed by atoms with Crippen LogP contribution < -0.4 is 0 Å². The summed E-state index contributed by atoms with van der Waals surface area (Å²) in [5.74, 6) is 1.16. The highest BCUT2D eigenvalue weighted by molar-refractivity contribution is 5.70. The lowest BCUT2D eigenvalue weighted by Gasteiger charge is -2.04. The fraction of sp³-hybridized carbons (Fsp3) is 0.308. The van der Waals surface area contributed by atoms with Crippen molar-refractivity contribution >= 4 is 5.57 Å². The third-order valence-corrected chi connectivity index (χ3v) is 3.33. The van der Waals surface area contributed by atoms with Gasteiger partial charge in [0.1, 0.15) is 11.9 Å². The van der Waals surface area contributed by atoms with E-state index in [1.54, 1.807) is 6.07 Å². The summed E-state index contributed by atoms with van der Waals surface area (Å²) >= 11 is 0. The van der Waals surface area contributed by atoms with Gasteiger partial charge in [-0.05, 0) is 47.9 Å². The number of rotatable bonds is 1. The molecule has 15 heavy (non-hydrogen) atoms. The fourth-order valence-corrected chi connectivity index (χ4v) is 2.34. The minimum atomic E-state index is -0.406. The Morgan fingerprint density at radius 3 is 2.87 bits per heavy atom. The fourth-order valence-electron chi connectivity index (χ4n) is 2.34. The van der Waals surface area contributed by atoms with Crippen molar-refractivity contribution in [3.8, 4) is 6.07 Å². The zero-order valence-electron chi connectivity index (χ0n) is 8.20. The first-order valence-corrected chi connectivity index (χ1v) is 5.18. The third-order valence-electron chi connectivity index (χ3n) is 3.33. The molecule has 2 heteroatoms. The summed E-state index contributed by atoms with van der Waals surface area (Å²) < 4.78 is 13.4. The van der Waals surface area contributed by atoms with Crippen molar-refractivity contribution in [1.82, 2.24) is 0 Å². The van der Waals surface area contributed by atoms with Crippen LogP contribution in [0.1, 0.15) is 24.0 Å². The molecule has 2 atom stereocenters. The number of benzene rings is 1. The normalized spacial score (nSPS) is 26.8. The summed E-state index contributed by atoms with van der Waals surface area (Å²) in [7, 11) is 0. The lowest BCUT2D eigenvalue weighted by atomic mass is 10.0. The van der Waals surface area contributed by atoms with Gasteiger partial charge in [-0.2, -0.15) is 5.26 Å². The van der Waals surface area contributed by atoms with E-state index in [0.717, 1.165) is 23.8 Å². The SMILES string of the molecule is N#Cc1ccc(C2=C[C@@H]3C[C@@H]3C2)cc1F. The van der Waals surface area contributed by atoms with Gasteiger partial charge in [-0.3, -0.25) is 0 Å². The van der Waals surface area contributed by atoms with Gasteiger partial charge in [0, 0.05) is 0 Å². The van der Waals surface area contributed by atoms with Crippen LogP contribution in [0.15, 0.2) is 24.3 Å². The summed E-state index contributed by atoms with van der Waals surface area (Å²) in [6, 6.07) is 6.73. The molecule has 1 aromatic carbocycles. The molecule has 0 aromatic heterocycles. The molecule has 0 unspecified atom stereocenters. The molecule has 2 aliphatic rings. The van der Waals surface area contributed by atoms with Crippen LogP contribution in [0.25, 0.3) is 5.57 Å². The Balaban J connectivity index is 1.97. The first-order chi connectivity index (χ1) is 7.28. The van der Waals surface area contributed by atoms with Gasteiger partial charge >= 0.3 is 0 Å². The van der Waals surface area contributed by atoms with Gasteiger partial charge in [0.15, 0.2) is 0 Å². The maximum atomic E-state index is 13.4. The Morgan fingerprint density at radius 1 is 1.40 bits per heavy atom. The van der Waals surface area contributed by atoms with Crippen molar-refractivity contribution in [2.24, 2.45) is 11.8 Å². The molecule has 0 bridgehead atoms. The number of hydrogen-bond donors (Lipinski definition) is 0. The number of halogens is 1. The van der Waals surface area contributed by atoms with E-state index in [0.29, 0.717) is 0 Å². The van der Waals surface area contributed by atoms with Crippen LogP contribution in [0.3, 0.4) is 0 Å². The molecule has 0 saturated heterocycles. The maximum Gasteiger partial charge on any atom is 0.141 e. The van der Waals surface area contributed by atoms with Crippen LogP contribution in [-0.2, 0) is 0 Å². The molecule has 0 radical (unpaired) electrons. The predicted octanol–water partition coefficient (Wildman–Crippen LogP) is 3.12. The Labute approximate surface area is 87.8 Å². The number of nitriles is 1. The molecular formula is C13H10FN. The maximum absolute atomic E-state index is 13.4. The zero-order valence-corrected chi connectivity index (χ0v) is 8.20. The van der Waals surface area contributed by atoms with Gasteiger partial charge < -0.3 is 0 Å². The van der Waals surface area contributed by atoms with E-state index in [1.165, 1.54) is 18.1 Å². The summed E-state index contributed by atoms with van der Waals surface area (Å²) in [6.07, 6.45) is 4.64. The van der Waals surface area contributed by atoms with Gasteiger partial charge in [-0.15, -0.1) is 0 Å². The van der Waals surface area contributed by atoms with Crippen LogP contribution in [0.2, 0.25) is 0 Å². The van der Waals surface area contributed by atoms with E-state index in [-0.39, 0.29) is 5.56 Å². The average Bonchev–Trinajstić information content (AvgIpc) is 2.86. The Bertz CT molecular complexity index is 496. The second-order valence-electron chi connectivity index (χ2n) is 4.36. The molecule has 0 heterocycles. The van der Waals surface area contributed by atoms with Crippen LogP contribution in [0.4, 0.5) is 4.39 Å². The highest BCUT2D eigenvalue weighted by Crippen LogP contribution is 2.52.